The molecule has 0 amide bonds. The number of nitrogens with two attached hydrogens (primary N) is 1. The van der Waals surface area contributed by atoms with Crippen molar-refractivity contribution >= 4 is 0 Å². The van der Waals surface area contributed by atoms with Gasteiger partial charge in [-0.25, -0.2) is 0 Å². The first-order valence-electron chi connectivity index (χ1n) is 2.12. The minimum Gasteiger partial charge on any atom is -0.412 e. The van der Waals surface area contributed by atoms with Gasteiger partial charge in [0.15, 0.2) is 0 Å². The Morgan fingerprint density at radius 1 is 1.43 bits per heavy atom. The van der Waals surface area contributed by atoms with Crippen LogP contribution in [-0.4, -0.2) is 12.0 Å². The average molecular weight is 111 g/mol. The summed E-state index contributed by atoms with van der Waals surface area (Å²) in [6.07, 6.45) is 2.39. The maximum absolute atomic E-state index is 5.14. The van der Waals surface area contributed by atoms with Crippen LogP contribution in [0.4, 0.5) is 4.70 Å². The molecule has 0 fully saturated rings. The summed E-state index contributed by atoms with van der Waals surface area (Å²) in [7, 11) is 0. The first-order chi connectivity index (χ1) is 2.41. The van der Waals surface area contributed by atoms with Gasteiger partial charge < -0.3 is 11.2 Å². The van der Waals surface area contributed by atoms with Crippen LogP contribution < -0.4 is 5.73 Å². The number of hydrogen-bond acceptors (Lipinski definition) is 1. The van der Waals surface area contributed by atoms with Crippen molar-refractivity contribution in [3.05, 3.63) is 0 Å². The van der Waals surface area contributed by atoms with Crippen molar-refractivity contribution in [3.8, 4) is 0 Å². The normalized spacial score (nSPS) is 6.00. The Bertz CT molecular complexity index is 19.2. The summed E-state index contributed by atoms with van der Waals surface area (Å²) in [6.45, 7) is 2.98. The molecule has 0 aromatic heterocycles. The van der Waals surface area contributed by atoms with E-state index < -0.39 is 0 Å². The molecule has 4 N–H and O–H groups in total. The van der Waals surface area contributed by atoms with Gasteiger partial charge in [-0.2, -0.15) is 0 Å². The van der Waals surface area contributed by atoms with E-state index in [1.807, 2.05) is 0 Å². The highest BCUT2D eigenvalue weighted by atomic mass is 19.0. The maximum Gasteiger partial charge on any atom is -0.00774 e. The minimum atomic E-state index is 0. The van der Waals surface area contributed by atoms with Gasteiger partial charge in [-0.15, -0.1) is 0 Å². The highest BCUT2D eigenvalue weighted by molar-refractivity contribution is 4.29. The smallest absolute Gasteiger partial charge is 0.00774 e. The molecule has 0 saturated carbocycles. The number of rotatable bonds is 2. The Hall–Kier alpha value is -0.150. The van der Waals surface area contributed by atoms with Crippen LogP contribution in [0.1, 0.15) is 19.8 Å². The second-order valence-corrected chi connectivity index (χ2v) is 1.14. The molecule has 0 saturated heterocycles. The topological polar surface area (TPSA) is 57.5 Å². The Balaban J connectivity index is -0.0000000800. The SMILES string of the molecule is CCCCN.F.O. The lowest BCUT2D eigenvalue weighted by Gasteiger charge is -1.80. The molecular weight excluding hydrogens is 97.0 g/mol. The van der Waals surface area contributed by atoms with E-state index in [0.29, 0.717) is 0 Å². The molecule has 0 aliphatic rings. The van der Waals surface area contributed by atoms with E-state index in [-0.39, 0.29) is 10.2 Å². The van der Waals surface area contributed by atoms with E-state index in [2.05, 4.69) is 6.92 Å². The zero-order valence-corrected chi connectivity index (χ0v) is 4.61. The second kappa shape index (κ2) is 16.9. The third-order valence-corrected chi connectivity index (χ3v) is 0.558. The van der Waals surface area contributed by atoms with Crippen molar-refractivity contribution in [1.29, 1.82) is 0 Å². The Kier molecular flexibility index (Phi) is 38.3. The molecule has 0 bridgehead atoms. The van der Waals surface area contributed by atoms with Crippen molar-refractivity contribution in [1.82, 2.24) is 0 Å². The van der Waals surface area contributed by atoms with Crippen molar-refractivity contribution < 1.29 is 10.2 Å². The quantitative estimate of drug-likeness (QED) is 0.538. The van der Waals surface area contributed by atoms with E-state index in [1.54, 1.807) is 0 Å². The lowest BCUT2D eigenvalue weighted by atomic mass is 10.3. The fourth-order valence-electron chi connectivity index (χ4n) is 0.204. The van der Waals surface area contributed by atoms with Crippen LogP contribution in [0.25, 0.3) is 0 Å². The third kappa shape index (κ3) is 25.3. The molecule has 2 nitrogen and oxygen atoms in total. The summed E-state index contributed by atoms with van der Waals surface area (Å²) < 4.78 is 0. The summed E-state index contributed by atoms with van der Waals surface area (Å²) in [6, 6.07) is 0. The van der Waals surface area contributed by atoms with Gasteiger partial charge in [0, 0.05) is 0 Å². The molecule has 0 rings (SSSR count). The predicted octanol–water partition coefficient (Wildman–Crippen LogP) is 0.0730. The van der Waals surface area contributed by atoms with E-state index in [9.17, 15) is 0 Å². The highest BCUT2D eigenvalue weighted by Gasteiger charge is 1.67. The van der Waals surface area contributed by atoms with Gasteiger partial charge in [0.05, 0.1) is 0 Å². The van der Waals surface area contributed by atoms with E-state index >= 15 is 0 Å². The molecule has 0 aliphatic heterocycles. The van der Waals surface area contributed by atoms with Gasteiger partial charge in [0.25, 0.3) is 0 Å². The fraction of sp³-hybridized carbons (Fsp3) is 1.00. The van der Waals surface area contributed by atoms with Gasteiger partial charge in [0.2, 0.25) is 0 Å². The molecule has 0 atom stereocenters. The van der Waals surface area contributed by atoms with Crippen molar-refractivity contribution in [2.45, 2.75) is 19.8 Å². The molecule has 0 radical (unpaired) electrons. The van der Waals surface area contributed by atoms with Crippen LogP contribution >= 0.6 is 0 Å². The third-order valence-electron chi connectivity index (χ3n) is 0.558. The summed E-state index contributed by atoms with van der Waals surface area (Å²) in [5.41, 5.74) is 5.14. The van der Waals surface area contributed by atoms with Crippen LogP contribution in [0.15, 0.2) is 0 Å². The van der Waals surface area contributed by atoms with Crippen molar-refractivity contribution in [2.75, 3.05) is 6.54 Å². The van der Waals surface area contributed by atoms with E-state index in [1.165, 1.54) is 12.8 Å². The zero-order chi connectivity index (χ0) is 4.12. The van der Waals surface area contributed by atoms with Crippen molar-refractivity contribution in [2.24, 2.45) is 5.73 Å². The van der Waals surface area contributed by atoms with E-state index in [0.717, 1.165) is 6.54 Å². The van der Waals surface area contributed by atoms with Crippen LogP contribution in [0.3, 0.4) is 0 Å². The van der Waals surface area contributed by atoms with Crippen LogP contribution in [0.5, 0.6) is 0 Å². The van der Waals surface area contributed by atoms with Crippen molar-refractivity contribution in [3.63, 3.8) is 0 Å². The molecule has 48 valence electrons. The minimum absolute atomic E-state index is 0. The van der Waals surface area contributed by atoms with Gasteiger partial charge >= 0.3 is 0 Å². The highest BCUT2D eigenvalue weighted by Crippen LogP contribution is 1.77. The lowest BCUT2D eigenvalue weighted by molar-refractivity contribution is 0.807. The van der Waals surface area contributed by atoms with Gasteiger partial charge in [-0.05, 0) is 13.0 Å². The number of halogens is 1. The molecule has 0 spiro atoms. The summed E-state index contributed by atoms with van der Waals surface area (Å²) >= 11 is 0. The molecule has 3 heteroatoms. The molecule has 0 heterocycles. The molecule has 0 aromatic rings. The fourth-order valence-corrected chi connectivity index (χ4v) is 0.204. The first kappa shape index (κ1) is 15.8. The number of hydrogen-bond donors (Lipinski definition) is 1. The molecule has 0 unspecified atom stereocenters. The summed E-state index contributed by atoms with van der Waals surface area (Å²) in [5.74, 6) is 0. The first-order valence-corrected chi connectivity index (χ1v) is 2.12. The Morgan fingerprint density at radius 2 is 1.86 bits per heavy atom. The Labute approximate surface area is 43.4 Å². The maximum atomic E-state index is 5.14. The van der Waals surface area contributed by atoms with Crippen LogP contribution in [0, 0.1) is 0 Å². The van der Waals surface area contributed by atoms with Crippen LogP contribution in [-0.2, 0) is 0 Å². The van der Waals surface area contributed by atoms with Gasteiger partial charge in [0.1, 0.15) is 0 Å². The Morgan fingerprint density at radius 3 is 1.86 bits per heavy atom. The molecule has 7 heavy (non-hydrogen) atoms. The molecule has 0 aromatic carbocycles. The van der Waals surface area contributed by atoms with Gasteiger partial charge in [-0.3, -0.25) is 4.70 Å². The summed E-state index contributed by atoms with van der Waals surface area (Å²) in [5, 5.41) is 0. The monoisotopic (exact) mass is 111 g/mol. The molecular formula is C4H14FNO. The largest absolute Gasteiger partial charge is 0.412 e. The van der Waals surface area contributed by atoms with E-state index in [4.69, 9.17) is 5.73 Å². The number of unbranched alkanes of at least 4 members (excludes halogenated alkanes) is 1. The average Bonchev–Trinajstić information content (AvgIpc) is 1.41. The lowest BCUT2D eigenvalue weighted by Crippen LogP contribution is -1.95. The van der Waals surface area contributed by atoms with Crippen LogP contribution in [0.2, 0.25) is 0 Å². The zero-order valence-electron chi connectivity index (χ0n) is 4.61. The van der Waals surface area contributed by atoms with Gasteiger partial charge in [-0.1, -0.05) is 13.3 Å². The summed E-state index contributed by atoms with van der Waals surface area (Å²) in [4.78, 5) is 0. The standard InChI is InChI=1S/C4H11N.FH.H2O/c1-2-3-4-5;;/h2-5H2,1H3;1H;1H2. The predicted molar refractivity (Wildman–Crippen MR) is 30.1 cm³/mol. The molecule has 0 aliphatic carbocycles. The second-order valence-electron chi connectivity index (χ2n) is 1.14.